The van der Waals surface area contributed by atoms with Gasteiger partial charge >= 0.3 is 5.97 Å². The van der Waals surface area contributed by atoms with Gasteiger partial charge in [0, 0.05) is 11.8 Å². The van der Waals surface area contributed by atoms with Crippen molar-refractivity contribution in [2.24, 2.45) is 5.92 Å². The quantitative estimate of drug-likeness (QED) is 0.663. The summed E-state index contributed by atoms with van der Waals surface area (Å²) in [5, 5.41) is 5.05. The Morgan fingerprint density at radius 2 is 2.42 bits per heavy atom. The molecule has 0 spiro atoms. The standard InChI is InChI=1S/C13H16N2O3S/c1-18-12(17)7-10-8-19-13(14-10)15-11(16)6-9-4-2-3-5-9/h2,4,8-9H,3,5-7H2,1H3,(H,14,15,16)/t9-/m0/s1. The van der Waals surface area contributed by atoms with Crippen LogP contribution < -0.4 is 5.32 Å². The molecule has 1 amide bonds. The Labute approximate surface area is 115 Å². The van der Waals surface area contributed by atoms with Gasteiger partial charge in [-0.1, -0.05) is 12.2 Å². The van der Waals surface area contributed by atoms with Gasteiger partial charge in [-0.05, 0) is 18.8 Å². The number of hydrogen-bond acceptors (Lipinski definition) is 5. The first-order chi connectivity index (χ1) is 9.17. The molecule has 0 aliphatic heterocycles. The molecule has 0 saturated carbocycles. The number of nitrogens with one attached hydrogen (secondary N) is 1. The summed E-state index contributed by atoms with van der Waals surface area (Å²) in [5.74, 6) is -0.0238. The van der Waals surface area contributed by atoms with Gasteiger partial charge in [0.2, 0.25) is 5.91 Å². The second-order valence-corrected chi connectivity index (χ2v) is 5.27. The van der Waals surface area contributed by atoms with Gasteiger partial charge in [0.25, 0.3) is 0 Å². The minimum absolute atomic E-state index is 0.0319. The zero-order chi connectivity index (χ0) is 13.7. The number of carbonyl (C=O) groups is 2. The maximum absolute atomic E-state index is 11.8. The molecule has 2 rings (SSSR count). The van der Waals surface area contributed by atoms with Crippen LogP contribution in [-0.4, -0.2) is 24.0 Å². The number of nitrogens with zero attached hydrogens (tertiary/aromatic N) is 1. The monoisotopic (exact) mass is 280 g/mol. The van der Waals surface area contributed by atoms with Crippen LogP contribution in [0.4, 0.5) is 5.13 Å². The van der Waals surface area contributed by atoms with Crippen LogP contribution in [0.15, 0.2) is 17.5 Å². The summed E-state index contributed by atoms with van der Waals surface area (Å²) in [6, 6.07) is 0. The zero-order valence-electron chi connectivity index (χ0n) is 10.7. The van der Waals surface area contributed by atoms with E-state index in [4.69, 9.17) is 0 Å². The SMILES string of the molecule is COC(=O)Cc1csc(NC(=O)C[C@H]2C=CCC2)n1. The van der Waals surface area contributed by atoms with E-state index in [1.807, 2.05) is 0 Å². The lowest BCUT2D eigenvalue weighted by Crippen LogP contribution is -2.14. The highest BCUT2D eigenvalue weighted by molar-refractivity contribution is 7.13. The van der Waals surface area contributed by atoms with Crippen LogP contribution >= 0.6 is 11.3 Å². The Hall–Kier alpha value is -1.69. The number of methoxy groups -OCH3 is 1. The van der Waals surface area contributed by atoms with E-state index in [1.54, 1.807) is 5.38 Å². The molecule has 0 saturated heterocycles. The molecule has 1 aromatic rings. The van der Waals surface area contributed by atoms with E-state index < -0.39 is 0 Å². The van der Waals surface area contributed by atoms with E-state index in [1.165, 1.54) is 18.4 Å². The van der Waals surface area contributed by atoms with E-state index in [0.717, 1.165) is 12.8 Å². The van der Waals surface area contributed by atoms with Gasteiger partial charge in [0.1, 0.15) is 0 Å². The number of esters is 1. The van der Waals surface area contributed by atoms with E-state index in [-0.39, 0.29) is 18.3 Å². The fourth-order valence-electron chi connectivity index (χ4n) is 1.94. The first-order valence-corrected chi connectivity index (χ1v) is 7.03. The van der Waals surface area contributed by atoms with Crippen LogP contribution in [0.2, 0.25) is 0 Å². The summed E-state index contributed by atoms with van der Waals surface area (Å²) in [4.78, 5) is 27.1. The summed E-state index contributed by atoms with van der Waals surface area (Å²) in [5.41, 5.74) is 0.618. The van der Waals surface area contributed by atoms with Crippen molar-refractivity contribution in [1.82, 2.24) is 4.98 Å². The molecule has 0 bridgehead atoms. The minimum atomic E-state index is -0.334. The third-order valence-corrected chi connectivity index (χ3v) is 3.72. The van der Waals surface area contributed by atoms with Crippen molar-refractivity contribution in [1.29, 1.82) is 0 Å². The number of anilines is 1. The topological polar surface area (TPSA) is 68.3 Å². The summed E-state index contributed by atoms with van der Waals surface area (Å²) >= 11 is 1.32. The number of allylic oxidation sites excluding steroid dienone is 2. The maximum Gasteiger partial charge on any atom is 0.311 e. The van der Waals surface area contributed by atoms with Gasteiger partial charge in [-0.2, -0.15) is 0 Å². The Balaban J connectivity index is 1.83. The largest absolute Gasteiger partial charge is 0.469 e. The van der Waals surface area contributed by atoms with E-state index in [9.17, 15) is 9.59 Å². The average Bonchev–Trinajstić information content (AvgIpc) is 3.01. The lowest BCUT2D eigenvalue weighted by Gasteiger charge is -2.06. The lowest BCUT2D eigenvalue weighted by atomic mass is 10.1. The van der Waals surface area contributed by atoms with Gasteiger partial charge in [0.05, 0.1) is 19.2 Å². The summed E-state index contributed by atoms with van der Waals surface area (Å²) in [6.45, 7) is 0. The number of carbonyl (C=O) groups excluding carboxylic acids is 2. The molecule has 1 atom stereocenters. The van der Waals surface area contributed by atoms with Crippen LogP contribution in [0, 0.1) is 5.92 Å². The van der Waals surface area contributed by atoms with Gasteiger partial charge in [-0.3, -0.25) is 9.59 Å². The molecule has 6 heteroatoms. The summed E-state index contributed by atoms with van der Waals surface area (Å²) < 4.78 is 4.56. The molecule has 0 fully saturated rings. The predicted octanol–water partition coefficient (Wildman–Crippen LogP) is 2.15. The molecule has 0 aromatic carbocycles. The van der Waals surface area contributed by atoms with Crippen molar-refractivity contribution < 1.29 is 14.3 Å². The number of ether oxygens (including phenoxy) is 1. The maximum atomic E-state index is 11.8. The Kier molecular flexibility index (Phi) is 4.68. The van der Waals surface area contributed by atoms with Crippen molar-refractivity contribution in [3.05, 3.63) is 23.2 Å². The van der Waals surface area contributed by atoms with Crippen LogP contribution in [0.5, 0.6) is 0 Å². The van der Waals surface area contributed by atoms with E-state index in [2.05, 4.69) is 27.2 Å². The Morgan fingerprint density at radius 1 is 1.58 bits per heavy atom. The molecular formula is C13H16N2O3S. The molecule has 0 radical (unpaired) electrons. The normalized spacial score (nSPS) is 17.4. The van der Waals surface area contributed by atoms with E-state index >= 15 is 0 Å². The lowest BCUT2D eigenvalue weighted by molar-refractivity contribution is -0.139. The molecule has 5 nitrogen and oxygen atoms in total. The van der Waals surface area contributed by atoms with Crippen molar-refractivity contribution in [2.75, 3.05) is 12.4 Å². The number of thiazole rings is 1. The van der Waals surface area contributed by atoms with Crippen LogP contribution in [-0.2, 0) is 20.7 Å². The molecule has 102 valence electrons. The third-order valence-electron chi connectivity index (χ3n) is 2.91. The predicted molar refractivity (Wildman–Crippen MR) is 72.9 cm³/mol. The highest BCUT2D eigenvalue weighted by Crippen LogP contribution is 2.22. The second-order valence-electron chi connectivity index (χ2n) is 4.41. The van der Waals surface area contributed by atoms with Gasteiger partial charge < -0.3 is 10.1 Å². The highest BCUT2D eigenvalue weighted by atomic mass is 32.1. The van der Waals surface area contributed by atoms with Gasteiger partial charge in [-0.25, -0.2) is 4.98 Å². The highest BCUT2D eigenvalue weighted by Gasteiger charge is 2.15. The molecular weight excluding hydrogens is 264 g/mol. The molecule has 1 aliphatic rings. The molecule has 1 aromatic heterocycles. The fourth-order valence-corrected chi connectivity index (χ4v) is 2.67. The Bertz CT molecular complexity index is 496. The number of aromatic nitrogens is 1. The Morgan fingerprint density at radius 3 is 3.11 bits per heavy atom. The van der Waals surface area contributed by atoms with Crippen LogP contribution in [0.3, 0.4) is 0 Å². The van der Waals surface area contributed by atoms with Crippen molar-refractivity contribution in [3.8, 4) is 0 Å². The first kappa shape index (κ1) is 13.7. The number of hydrogen-bond donors (Lipinski definition) is 1. The van der Waals surface area contributed by atoms with Crippen molar-refractivity contribution in [2.45, 2.75) is 25.7 Å². The van der Waals surface area contributed by atoms with Gasteiger partial charge in [-0.15, -0.1) is 11.3 Å². The smallest absolute Gasteiger partial charge is 0.311 e. The van der Waals surface area contributed by atoms with E-state index in [0.29, 0.717) is 23.2 Å². The third kappa shape index (κ3) is 4.17. The van der Waals surface area contributed by atoms with Crippen LogP contribution in [0.1, 0.15) is 25.0 Å². The van der Waals surface area contributed by atoms with Crippen LogP contribution in [0.25, 0.3) is 0 Å². The first-order valence-electron chi connectivity index (χ1n) is 6.15. The van der Waals surface area contributed by atoms with Crippen molar-refractivity contribution in [3.63, 3.8) is 0 Å². The molecule has 0 unspecified atom stereocenters. The average molecular weight is 280 g/mol. The summed E-state index contributed by atoms with van der Waals surface area (Å²) in [7, 11) is 1.34. The molecule has 19 heavy (non-hydrogen) atoms. The molecule has 1 aliphatic carbocycles. The number of amides is 1. The zero-order valence-corrected chi connectivity index (χ0v) is 11.5. The fraction of sp³-hybridized carbons (Fsp3) is 0.462. The van der Waals surface area contributed by atoms with Gasteiger partial charge in [0.15, 0.2) is 5.13 Å². The summed E-state index contributed by atoms with van der Waals surface area (Å²) in [6.07, 6.45) is 6.91. The number of rotatable bonds is 5. The minimum Gasteiger partial charge on any atom is -0.469 e. The molecule has 1 N–H and O–H groups in total. The second kappa shape index (κ2) is 6.47. The van der Waals surface area contributed by atoms with Crippen molar-refractivity contribution >= 4 is 28.3 Å². The molecule has 1 heterocycles.